The number of ether oxygens (including phenoxy) is 2. The Kier molecular flexibility index (Phi) is 6.03. The quantitative estimate of drug-likeness (QED) is 0.747. The van der Waals surface area contributed by atoms with Crippen LogP contribution in [-0.4, -0.2) is 24.8 Å². The van der Waals surface area contributed by atoms with Gasteiger partial charge >= 0.3 is 5.97 Å². The smallest absolute Gasteiger partial charge is 0.310 e. The van der Waals surface area contributed by atoms with E-state index in [0.29, 0.717) is 30.9 Å². The maximum absolute atomic E-state index is 11.6. The fourth-order valence-electron chi connectivity index (χ4n) is 2.60. The molecule has 0 aliphatic rings. The lowest BCUT2D eigenvalue weighted by Crippen LogP contribution is -2.14. The lowest BCUT2D eigenvalue weighted by Gasteiger charge is -2.16. The zero-order chi connectivity index (χ0) is 16.7. The largest absolute Gasteiger partial charge is 0.493 e. The van der Waals surface area contributed by atoms with Crippen molar-refractivity contribution in [3.05, 3.63) is 59.7 Å². The second kappa shape index (κ2) is 8.22. The van der Waals surface area contributed by atoms with Crippen LogP contribution in [0.3, 0.4) is 0 Å². The van der Waals surface area contributed by atoms with E-state index in [1.807, 2.05) is 55.5 Å². The molecule has 0 amide bonds. The standard InChI is InChI=1S/C19H22O4/c1-14-8-3-4-9-15(14)16(19(20)21)10-7-13-23-18-12-6-5-11-17(18)22-2/h3-6,8-9,11-12,16H,7,10,13H2,1-2H3,(H,20,21). The average molecular weight is 314 g/mol. The zero-order valence-corrected chi connectivity index (χ0v) is 13.5. The Labute approximate surface area is 136 Å². The second-order valence-corrected chi connectivity index (χ2v) is 5.39. The van der Waals surface area contributed by atoms with Gasteiger partial charge in [0.15, 0.2) is 11.5 Å². The van der Waals surface area contributed by atoms with Gasteiger partial charge in [-0.1, -0.05) is 36.4 Å². The van der Waals surface area contributed by atoms with Gasteiger partial charge < -0.3 is 14.6 Å². The first-order chi connectivity index (χ1) is 11.1. The summed E-state index contributed by atoms with van der Waals surface area (Å²) >= 11 is 0. The van der Waals surface area contributed by atoms with Gasteiger partial charge in [-0.2, -0.15) is 0 Å². The zero-order valence-electron chi connectivity index (χ0n) is 13.5. The van der Waals surface area contributed by atoms with Crippen LogP contribution in [0.15, 0.2) is 48.5 Å². The van der Waals surface area contributed by atoms with E-state index in [0.717, 1.165) is 11.1 Å². The number of aliphatic carboxylic acids is 1. The van der Waals surface area contributed by atoms with E-state index < -0.39 is 11.9 Å². The molecule has 4 heteroatoms. The van der Waals surface area contributed by atoms with Crippen molar-refractivity contribution in [2.24, 2.45) is 0 Å². The summed E-state index contributed by atoms with van der Waals surface area (Å²) in [4.78, 5) is 11.6. The second-order valence-electron chi connectivity index (χ2n) is 5.39. The molecular weight excluding hydrogens is 292 g/mol. The van der Waals surface area contributed by atoms with Crippen LogP contribution in [-0.2, 0) is 4.79 Å². The van der Waals surface area contributed by atoms with Crippen LogP contribution >= 0.6 is 0 Å². The number of para-hydroxylation sites is 2. The predicted molar refractivity (Wildman–Crippen MR) is 89.3 cm³/mol. The van der Waals surface area contributed by atoms with Crippen molar-refractivity contribution >= 4 is 5.97 Å². The highest BCUT2D eigenvalue weighted by Gasteiger charge is 2.20. The van der Waals surface area contributed by atoms with Crippen molar-refractivity contribution in [3.8, 4) is 11.5 Å². The highest BCUT2D eigenvalue weighted by atomic mass is 16.5. The van der Waals surface area contributed by atoms with E-state index in [2.05, 4.69) is 0 Å². The highest BCUT2D eigenvalue weighted by molar-refractivity contribution is 5.76. The van der Waals surface area contributed by atoms with Gasteiger partial charge in [-0.05, 0) is 43.0 Å². The summed E-state index contributed by atoms with van der Waals surface area (Å²) in [7, 11) is 1.60. The van der Waals surface area contributed by atoms with Crippen LogP contribution in [0.4, 0.5) is 0 Å². The molecule has 0 spiro atoms. The van der Waals surface area contributed by atoms with Gasteiger partial charge in [-0.3, -0.25) is 4.79 Å². The summed E-state index contributed by atoms with van der Waals surface area (Å²) < 4.78 is 10.9. The molecule has 0 saturated carbocycles. The van der Waals surface area contributed by atoms with Crippen LogP contribution in [0.1, 0.15) is 29.9 Å². The Hall–Kier alpha value is -2.49. The number of aryl methyl sites for hydroxylation is 1. The molecule has 2 aromatic carbocycles. The van der Waals surface area contributed by atoms with Crippen molar-refractivity contribution in [2.75, 3.05) is 13.7 Å². The molecule has 2 aromatic rings. The van der Waals surface area contributed by atoms with E-state index in [9.17, 15) is 9.90 Å². The van der Waals surface area contributed by atoms with E-state index in [-0.39, 0.29) is 0 Å². The molecule has 122 valence electrons. The molecule has 0 saturated heterocycles. The third-order valence-electron chi connectivity index (χ3n) is 3.83. The van der Waals surface area contributed by atoms with E-state index in [1.165, 1.54) is 0 Å². The molecule has 23 heavy (non-hydrogen) atoms. The van der Waals surface area contributed by atoms with Crippen LogP contribution in [0.25, 0.3) is 0 Å². The van der Waals surface area contributed by atoms with Crippen LogP contribution < -0.4 is 9.47 Å². The van der Waals surface area contributed by atoms with E-state index in [4.69, 9.17) is 9.47 Å². The number of hydrogen-bond acceptors (Lipinski definition) is 3. The van der Waals surface area contributed by atoms with Gasteiger partial charge in [-0.25, -0.2) is 0 Å². The molecule has 1 N–H and O–H groups in total. The molecule has 4 nitrogen and oxygen atoms in total. The fourth-order valence-corrected chi connectivity index (χ4v) is 2.60. The Balaban J connectivity index is 1.93. The first-order valence-corrected chi connectivity index (χ1v) is 7.67. The molecule has 0 aliphatic heterocycles. The predicted octanol–water partition coefficient (Wildman–Crippen LogP) is 4.03. The minimum Gasteiger partial charge on any atom is -0.493 e. The molecule has 0 bridgehead atoms. The third kappa shape index (κ3) is 4.49. The van der Waals surface area contributed by atoms with E-state index >= 15 is 0 Å². The van der Waals surface area contributed by atoms with Crippen LogP contribution in [0, 0.1) is 6.92 Å². The minimum absolute atomic E-state index is 0.454. The molecule has 1 unspecified atom stereocenters. The number of carboxylic acids is 1. The van der Waals surface area contributed by atoms with Crippen molar-refractivity contribution in [1.82, 2.24) is 0 Å². The third-order valence-corrected chi connectivity index (χ3v) is 3.83. The number of carboxylic acid groups (broad SMARTS) is 1. The van der Waals surface area contributed by atoms with Gasteiger partial charge in [0.25, 0.3) is 0 Å². The van der Waals surface area contributed by atoms with Crippen molar-refractivity contribution < 1.29 is 19.4 Å². The van der Waals surface area contributed by atoms with Crippen molar-refractivity contribution in [3.63, 3.8) is 0 Å². The number of methoxy groups -OCH3 is 1. The lowest BCUT2D eigenvalue weighted by atomic mass is 9.91. The topological polar surface area (TPSA) is 55.8 Å². The first kappa shape index (κ1) is 16.9. The summed E-state index contributed by atoms with van der Waals surface area (Å²) in [6.07, 6.45) is 1.19. The molecule has 0 aliphatic carbocycles. The Morgan fingerprint density at radius 1 is 1.09 bits per heavy atom. The van der Waals surface area contributed by atoms with Crippen molar-refractivity contribution in [2.45, 2.75) is 25.7 Å². The summed E-state index contributed by atoms with van der Waals surface area (Å²) in [5.41, 5.74) is 1.88. The summed E-state index contributed by atoms with van der Waals surface area (Å²) in [5.74, 6) is 0.0630. The molecule has 0 fully saturated rings. The normalized spacial score (nSPS) is 11.7. The molecule has 0 radical (unpaired) electrons. The minimum atomic E-state index is -0.795. The number of hydrogen-bond donors (Lipinski definition) is 1. The Bertz CT molecular complexity index is 651. The summed E-state index contributed by atoms with van der Waals surface area (Å²) in [6.45, 7) is 2.40. The maximum Gasteiger partial charge on any atom is 0.310 e. The van der Waals surface area contributed by atoms with Gasteiger partial charge in [0, 0.05) is 0 Å². The molecular formula is C19H22O4. The van der Waals surface area contributed by atoms with Gasteiger partial charge in [0.05, 0.1) is 19.6 Å². The lowest BCUT2D eigenvalue weighted by molar-refractivity contribution is -0.139. The number of benzene rings is 2. The fraction of sp³-hybridized carbons (Fsp3) is 0.316. The Morgan fingerprint density at radius 3 is 2.39 bits per heavy atom. The SMILES string of the molecule is COc1ccccc1OCCCC(C(=O)O)c1ccccc1C. The molecule has 0 heterocycles. The van der Waals surface area contributed by atoms with Crippen LogP contribution in [0.2, 0.25) is 0 Å². The molecule has 0 aromatic heterocycles. The molecule has 1 atom stereocenters. The van der Waals surface area contributed by atoms with Crippen molar-refractivity contribution in [1.29, 1.82) is 0 Å². The number of carbonyl (C=O) groups is 1. The summed E-state index contributed by atoms with van der Waals surface area (Å²) in [6, 6.07) is 15.1. The van der Waals surface area contributed by atoms with Gasteiger partial charge in [0.1, 0.15) is 0 Å². The van der Waals surface area contributed by atoms with Crippen LogP contribution in [0.5, 0.6) is 11.5 Å². The maximum atomic E-state index is 11.6. The first-order valence-electron chi connectivity index (χ1n) is 7.67. The monoisotopic (exact) mass is 314 g/mol. The molecule has 2 rings (SSSR count). The Morgan fingerprint density at radius 2 is 1.74 bits per heavy atom. The number of rotatable bonds is 8. The van der Waals surface area contributed by atoms with Gasteiger partial charge in [0.2, 0.25) is 0 Å². The average Bonchev–Trinajstić information content (AvgIpc) is 2.56. The summed E-state index contributed by atoms with van der Waals surface area (Å²) in [5, 5.41) is 9.49. The van der Waals surface area contributed by atoms with E-state index in [1.54, 1.807) is 7.11 Å². The van der Waals surface area contributed by atoms with Gasteiger partial charge in [-0.15, -0.1) is 0 Å². The highest BCUT2D eigenvalue weighted by Crippen LogP contribution is 2.27.